The Morgan fingerprint density at radius 2 is 1.88 bits per heavy atom. The smallest absolute Gasteiger partial charge is 0.307 e. The molecule has 0 unspecified atom stereocenters. The molecule has 0 spiro atoms. The Morgan fingerprint density at radius 3 is 2.54 bits per heavy atom. The average Bonchev–Trinajstić information content (AvgIpc) is 2.60. The quantitative estimate of drug-likeness (QED) is 0.446. The number of nitrogens with zero attached hydrogens (tertiary/aromatic N) is 1. The second-order valence-corrected chi connectivity index (χ2v) is 6.54. The number of methoxy groups -OCH3 is 1. The van der Waals surface area contributed by atoms with Gasteiger partial charge in [-0.1, -0.05) is 12.1 Å². The third kappa shape index (κ3) is 8.34. The molecule has 0 fully saturated rings. The molecule has 0 aliphatic carbocycles. The molecule has 1 amide bonds. The van der Waals surface area contributed by atoms with Gasteiger partial charge in [-0.05, 0) is 51.3 Å². The first kappa shape index (κ1) is 22.0. The van der Waals surface area contributed by atoms with Crippen LogP contribution in [0.4, 0.5) is 0 Å². The van der Waals surface area contributed by atoms with Crippen LogP contribution in [0.2, 0.25) is 0 Å². The van der Waals surface area contributed by atoms with Crippen molar-refractivity contribution in [3.8, 4) is 5.75 Å². The van der Waals surface area contributed by atoms with Gasteiger partial charge in [-0.3, -0.25) is 9.59 Å². The van der Waals surface area contributed by atoms with Gasteiger partial charge in [0.05, 0.1) is 19.6 Å². The van der Waals surface area contributed by atoms with Crippen LogP contribution in [-0.4, -0.2) is 56.3 Å². The standard InChI is InChI=1S/C20H31NO5/c1-15(2)25-12-6-10-21(11-9-20(23)24-5)19(22)14-26-18-13-16(3)7-8-17(18)4/h7-8,13,15H,6,9-12,14H2,1-5H3. The van der Waals surface area contributed by atoms with Gasteiger partial charge in [0.2, 0.25) is 0 Å². The minimum absolute atomic E-state index is 0.0590. The normalized spacial score (nSPS) is 10.7. The van der Waals surface area contributed by atoms with Crippen molar-refractivity contribution in [3.63, 3.8) is 0 Å². The van der Waals surface area contributed by atoms with Gasteiger partial charge in [-0.15, -0.1) is 0 Å². The molecule has 0 radical (unpaired) electrons. The monoisotopic (exact) mass is 365 g/mol. The largest absolute Gasteiger partial charge is 0.483 e. The summed E-state index contributed by atoms with van der Waals surface area (Å²) < 4.78 is 15.9. The first-order valence-corrected chi connectivity index (χ1v) is 8.99. The van der Waals surface area contributed by atoms with Gasteiger partial charge in [0, 0.05) is 19.7 Å². The van der Waals surface area contributed by atoms with Gasteiger partial charge < -0.3 is 19.1 Å². The fourth-order valence-electron chi connectivity index (χ4n) is 2.36. The molecule has 0 atom stereocenters. The Hall–Kier alpha value is -2.08. The Balaban J connectivity index is 2.60. The van der Waals surface area contributed by atoms with E-state index in [1.54, 1.807) is 4.90 Å². The van der Waals surface area contributed by atoms with E-state index < -0.39 is 0 Å². The molecule has 0 saturated carbocycles. The zero-order valence-electron chi connectivity index (χ0n) is 16.5. The van der Waals surface area contributed by atoms with E-state index in [9.17, 15) is 9.59 Å². The summed E-state index contributed by atoms with van der Waals surface area (Å²) in [5.74, 6) is 0.213. The number of benzene rings is 1. The summed E-state index contributed by atoms with van der Waals surface area (Å²) >= 11 is 0. The summed E-state index contributed by atoms with van der Waals surface area (Å²) in [4.78, 5) is 25.6. The van der Waals surface area contributed by atoms with E-state index in [0.717, 1.165) is 11.1 Å². The highest BCUT2D eigenvalue weighted by atomic mass is 16.5. The first-order chi connectivity index (χ1) is 12.3. The van der Waals surface area contributed by atoms with E-state index in [1.165, 1.54) is 7.11 Å². The third-order valence-electron chi connectivity index (χ3n) is 3.88. The fourth-order valence-corrected chi connectivity index (χ4v) is 2.36. The number of carbonyl (C=O) groups excluding carboxylic acids is 2. The van der Waals surface area contributed by atoms with Crippen LogP contribution in [-0.2, 0) is 19.1 Å². The minimum atomic E-state index is -0.336. The Morgan fingerprint density at radius 1 is 1.15 bits per heavy atom. The van der Waals surface area contributed by atoms with Crippen LogP contribution in [0.3, 0.4) is 0 Å². The number of esters is 1. The maximum Gasteiger partial charge on any atom is 0.307 e. The topological polar surface area (TPSA) is 65.1 Å². The molecule has 0 aliphatic heterocycles. The number of carbonyl (C=O) groups is 2. The van der Waals surface area contributed by atoms with Crippen LogP contribution in [0.25, 0.3) is 0 Å². The summed E-state index contributed by atoms with van der Waals surface area (Å²) in [6.45, 7) is 9.19. The van der Waals surface area contributed by atoms with Crippen LogP contribution in [0, 0.1) is 13.8 Å². The predicted octanol–water partition coefficient (Wildman–Crippen LogP) is 2.89. The fraction of sp³-hybridized carbons (Fsp3) is 0.600. The molecule has 0 aromatic heterocycles. The Kier molecular flexibility index (Phi) is 9.73. The summed E-state index contributed by atoms with van der Waals surface area (Å²) in [5, 5.41) is 0. The molecule has 1 aromatic carbocycles. The van der Waals surface area contributed by atoms with Crippen molar-refractivity contribution in [3.05, 3.63) is 29.3 Å². The van der Waals surface area contributed by atoms with Crippen molar-refractivity contribution in [1.29, 1.82) is 0 Å². The third-order valence-corrected chi connectivity index (χ3v) is 3.88. The highest BCUT2D eigenvalue weighted by molar-refractivity contribution is 5.78. The summed E-state index contributed by atoms with van der Waals surface area (Å²) in [6, 6.07) is 5.88. The lowest BCUT2D eigenvalue weighted by molar-refractivity contribution is -0.142. The SMILES string of the molecule is COC(=O)CCN(CCCOC(C)C)C(=O)COc1cc(C)ccc1C. The number of aryl methyl sites for hydroxylation is 2. The van der Waals surface area contributed by atoms with Crippen molar-refractivity contribution in [1.82, 2.24) is 4.90 Å². The van der Waals surface area contributed by atoms with E-state index in [4.69, 9.17) is 9.47 Å². The van der Waals surface area contributed by atoms with Gasteiger partial charge in [0.15, 0.2) is 6.61 Å². The number of hydrogen-bond donors (Lipinski definition) is 0. The molecule has 0 aliphatic rings. The number of rotatable bonds is 11. The molecular weight excluding hydrogens is 334 g/mol. The molecule has 0 saturated heterocycles. The lowest BCUT2D eigenvalue weighted by Gasteiger charge is -2.23. The minimum Gasteiger partial charge on any atom is -0.483 e. The molecule has 0 N–H and O–H groups in total. The van der Waals surface area contributed by atoms with Crippen molar-refractivity contribution in [2.45, 2.75) is 46.6 Å². The van der Waals surface area contributed by atoms with Crippen LogP contribution in [0.15, 0.2) is 18.2 Å². The van der Waals surface area contributed by atoms with E-state index in [-0.39, 0.29) is 31.0 Å². The average molecular weight is 365 g/mol. The van der Waals surface area contributed by atoms with Crippen LogP contribution < -0.4 is 4.74 Å². The van der Waals surface area contributed by atoms with Gasteiger partial charge in [0.25, 0.3) is 5.91 Å². The number of hydrogen-bond acceptors (Lipinski definition) is 5. The van der Waals surface area contributed by atoms with Crippen molar-refractivity contribution in [2.75, 3.05) is 33.4 Å². The zero-order valence-corrected chi connectivity index (χ0v) is 16.5. The maximum absolute atomic E-state index is 12.5. The van der Waals surface area contributed by atoms with E-state index in [1.807, 2.05) is 45.9 Å². The molecule has 0 bridgehead atoms. The van der Waals surface area contributed by atoms with Crippen molar-refractivity contribution in [2.24, 2.45) is 0 Å². The Labute approximate surface area is 156 Å². The summed E-state index contributed by atoms with van der Waals surface area (Å²) in [5.41, 5.74) is 2.06. The highest BCUT2D eigenvalue weighted by Crippen LogP contribution is 2.19. The van der Waals surface area contributed by atoms with Crippen molar-refractivity contribution < 1.29 is 23.8 Å². The molecule has 6 nitrogen and oxygen atoms in total. The maximum atomic E-state index is 12.5. The summed E-state index contributed by atoms with van der Waals surface area (Å²) in [7, 11) is 1.34. The number of ether oxygens (including phenoxy) is 3. The van der Waals surface area contributed by atoms with Gasteiger partial charge >= 0.3 is 5.97 Å². The van der Waals surface area contributed by atoms with Gasteiger partial charge in [0.1, 0.15) is 5.75 Å². The van der Waals surface area contributed by atoms with E-state index >= 15 is 0 Å². The van der Waals surface area contributed by atoms with Crippen molar-refractivity contribution >= 4 is 11.9 Å². The second-order valence-electron chi connectivity index (χ2n) is 6.54. The second kappa shape index (κ2) is 11.5. The summed E-state index contributed by atoms with van der Waals surface area (Å²) in [6.07, 6.45) is 1.02. The molecule has 1 aromatic rings. The predicted molar refractivity (Wildman–Crippen MR) is 100 cm³/mol. The molecule has 146 valence electrons. The number of amides is 1. The van der Waals surface area contributed by atoms with Gasteiger partial charge in [-0.25, -0.2) is 0 Å². The lowest BCUT2D eigenvalue weighted by atomic mass is 10.1. The zero-order chi connectivity index (χ0) is 19.5. The molecular formula is C20H31NO5. The van der Waals surface area contributed by atoms with Crippen LogP contribution in [0.1, 0.15) is 37.8 Å². The first-order valence-electron chi connectivity index (χ1n) is 8.99. The molecule has 6 heteroatoms. The van der Waals surface area contributed by atoms with Crippen LogP contribution >= 0.6 is 0 Å². The molecule has 0 heterocycles. The van der Waals surface area contributed by atoms with E-state index in [0.29, 0.717) is 31.9 Å². The Bertz CT molecular complexity index is 586. The molecule has 1 rings (SSSR count). The lowest BCUT2D eigenvalue weighted by Crippen LogP contribution is -2.38. The molecule has 26 heavy (non-hydrogen) atoms. The highest BCUT2D eigenvalue weighted by Gasteiger charge is 2.16. The van der Waals surface area contributed by atoms with Gasteiger partial charge in [-0.2, -0.15) is 0 Å². The van der Waals surface area contributed by atoms with E-state index in [2.05, 4.69) is 4.74 Å². The van der Waals surface area contributed by atoms with Crippen LogP contribution in [0.5, 0.6) is 5.75 Å².